The van der Waals surface area contributed by atoms with Gasteiger partial charge in [0.1, 0.15) is 11.4 Å². The maximum Gasteiger partial charge on any atom is 0.209 e. The number of pyridine rings is 1. The summed E-state index contributed by atoms with van der Waals surface area (Å²) in [5.41, 5.74) is 2.08. The molecule has 1 aromatic carbocycles. The van der Waals surface area contributed by atoms with Gasteiger partial charge in [-0.2, -0.15) is 0 Å². The second kappa shape index (κ2) is 6.57. The summed E-state index contributed by atoms with van der Waals surface area (Å²) in [6.07, 6.45) is 4.02. The number of benzene rings is 1. The minimum Gasteiger partial charge on any atom is -0.496 e. The van der Waals surface area contributed by atoms with E-state index < -0.39 is 0 Å². The van der Waals surface area contributed by atoms with Gasteiger partial charge in [-0.3, -0.25) is 4.98 Å². The molecule has 0 N–H and O–H groups in total. The van der Waals surface area contributed by atoms with E-state index in [0.717, 1.165) is 41.0 Å². The number of ether oxygens (including phenoxy) is 1. The number of anilines is 1. The van der Waals surface area contributed by atoms with Crippen molar-refractivity contribution in [1.29, 1.82) is 0 Å². The van der Waals surface area contributed by atoms with E-state index in [1.165, 1.54) is 5.56 Å². The Balaban J connectivity index is 1.65. The van der Waals surface area contributed by atoms with Gasteiger partial charge < -0.3 is 9.64 Å². The van der Waals surface area contributed by atoms with E-state index in [4.69, 9.17) is 4.74 Å². The third-order valence-electron chi connectivity index (χ3n) is 4.29. The van der Waals surface area contributed by atoms with E-state index >= 15 is 0 Å². The topological polar surface area (TPSA) is 51.1 Å². The first kappa shape index (κ1) is 15.1. The van der Waals surface area contributed by atoms with Gasteiger partial charge in [0.25, 0.3) is 0 Å². The molecule has 1 atom stereocenters. The first-order valence-electron chi connectivity index (χ1n) is 8.01. The smallest absolute Gasteiger partial charge is 0.209 e. The summed E-state index contributed by atoms with van der Waals surface area (Å²) >= 11 is 1.60. The van der Waals surface area contributed by atoms with E-state index in [2.05, 4.69) is 32.2 Å². The Morgan fingerprint density at radius 3 is 2.83 bits per heavy atom. The SMILES string of the molecule is COc1ccccc1[C@@H]1CCCN1c1nnc(-c2ccccn2)s1. The normalized spacial score (nSPS) is 17.2. The van der Waals surface area contributed by atoms with Crippen LogP contribution in [0.2, 0.25) is 0 Å². The van der Waals surface area contributed by atoms with Crippen molar-refractivity contribution >= 4 is 16.5 Å². The summed E-state index contributed by atoms with van der Waals surface area (Å²) in [5.74, 6) is 0.934. The first-order chi connectivity index (χ1) is 11.9. The van der Waals surface area contributed by atoms with Crippen LogP contribution < -0.4 is 9.64 Å². The fourth-order valence-corrected chi connectivity index (χ4v) is 4.08. The standard InChI is InChI=1S/C18H18N4OS/c1-23-16-10-3-2-7-13(16)15-9-6-12-22(15)18-21-20-17(24-18)14-8-4-5-11-19-14/h2-5,7-8,10-11,15H,6,9,12H2,1H3/t15-/m0/s1. The lowest BCUT2D eigenvalue weighted by Crippen LogP contribution is -2.22. The van der Waals surface area contributed by atoms with E-state index in [0.29, 0.717) is 0 Å². The van der Waals surface area contributed by atoms with Crippen LogP contribution in [0.5, 0.6) is 5.75 Å². The van der Waals surface area contributed by atoms with Gasteiger partial charge in [0.2, 0.25) is 5.13 Å². The van der Waals surface area contributed by atoms with Crippen LogP contribution in [0.4, 0.5) is 5.13 Å². The molecular weight excluding hydrogens is 320 g/mol. The van der Waals surface area contributed by atoms with Crippen LogP contribution in [0.15, 0.2) is 48.7 Å². The van der Waals surface area contributed by atoms with Crippen LogP contribution in [-0.4, -0.2) is 28.8 Å². The van der Waals surface area contributed by atoms with E-state index in [-0.39, 0.29) is 6.04 Å². The Morgan fingerprint density at radius 2 is 2.00 bits per heavy atom. The Kier molecular flexibility index (Phi) is 4.13. The van der Waals surface area contributed by atoms with Crippen LogP contribution in [0.1, 0.15) is 24.4 Å². The van der Waals surface area contributed by atoms with Crippen molar-refractivity contribution in [3.63, 3.8) is 0 Å². The van der Waals surface area contributed by atoms with E-state index in [9.17, 15) is 0 Å². The molecule has 0 amide bonds. The number of para-hydroxylation sites is 1. The minimum absolute atomic E-state index is 0.283. The first-order valence-corrected chi connectivity index (χ1v) is 8.83. The average Bonchev–Trinajstić information content (AvgIpc) is 3.31. The molecule has 1 aliphatic heterocycles. The van der Waals surface area contributed by atoms with Gasteiger partial charge in [-0.1, -0.05) is 35.6 Å². The number of aromatic nitrogens is 3. The van der Waals surface area contributed by atoms with Gasteiger partial charge in [-0.05, 0) is 31.0 Å². The summed E-state index contributed by atoms with van der Waals surface area (Å²) in [4.78, 5) is 6.70. The highest BCUT2D eigenvalue weighted by atomic mass is 32.1. The highest BCUT2D eigenvalue weighted by Gasteiger charge is 2.30. The van der Waals surface area contributed by atoms with Crippen molar-refractivity contribution in [1.82, 2.24) is 15.2 Å². The van der Waals surface area contributed by atoms with Crippen molar-refractivity contribution in [2.75, 3.05) is 18.6 Å². The zero-order valence-corrected chi connectivity index (χ0v) is 14.2. The lowest BCUT2D eigenvalue weighted by atomic mass is 10.0. The molecule has 0 spiro atoms. The number of nitrogens with zero attached hydrogens (tertiary/aromatic N) is 4. The monoisotopic (exact) mass is 338 g/mol. The summed E-state index contributed by atoms with van der Waals surface area (Å²) in [7, 11) is 1.72. The molecular formula is C18H18N4OS. The lowest BCUT2D eigenvalue weighted by molar-refractivity contribution is 0.405. The molecule has 0 radical (unpaired) electrons. The average molecular weight is 338 g/mol. The molecule has 2 aromatic heterocycles. The molecule has 24 heavy (non-hydrogen) atoms. The van der Waals surface area contributed by atoms with E-state index in [1.807, 2.05) is 30.3 Å². The molecule has 6 heteroatoms. The van der Waals surface area contributed by atoms with Crippen molar-refractivity contribution < 1.29 is 4.74 Å². The zero-order valence-electron chi connectivity index (χ0n) is 13.4. The summed E-state index contributed by atoms with van der Waals surface area (Å²) in [6.45, 7) is 0.986. The summed E-state index contributed by atoms with van der Waals surface area (Å²) in [6, 6.07) is 14.4. The quantitative estimate of drug-likeness (QED) is 0.721. The van der Waals surface area contributed by atoms with Crippen LogP contribution >= 0.6 is 11.3 Å². The number of methoxy groups -OCH3 is 1. The molecule has 4 rings (SSSR count). The van der Waals surface area contributed by atoms with Crippen LogP contribution in [-0.2, 0) is 0 Å². The molecule has 3 heterocycles. The molecule has 0 unspecified atom stereocenters. The maximum absolute atomic E-state index is 5.55. The highest BCUT2D eigenvalue weighted by molar-refractivity contribution is 7.18. The molecule has 1 aliphatic rings. The van der Waals surface area contributed by atoms with Crippen LogP contribution in [0, 0.1) is 0 Å². The second-order valence-electron chi connectivity index (χ2n) is 5.70. The van der Waals surface area contributed by atoms with Crippen LogP contribution in [0.3, 0.4) is 0 Å². The van der Waals surface area contributed by atoms with Gasteiger partial charge >= 0.3 is 0 Å². The Bertz CT molecular complexity index is 821. The fraction of sp³-hybridized carbons (Fsp3) is 0.278. The number of hydrogen-bond donors (Lipinski definition) is 0. The molecule has 0 bridgehead atoms. The number of rotatable bonds is 4. The van der Waals surface area contributed by atoms with Crippen molar-refractivity contribution in [2.45, 2.75) is 18.9 Å². The highest BCUT2D eigenvalue weighted by Crippen LogP contribution is 2.41. The molecule has 1 saturated heterocycles. The number of hydrogen-bond acceptors (Lipinski definition) is 6. The predicted octanol–water partition coefficient (Wildman–Crippen LogP) is 3.95. The molecule has 0 saturated carbocycles. The van der Waals surface area contributed by atoms with Crippen LogP contribution in [0.25, 0.3) is 10.7 Å². The molecule has 122 valence electrons. The zero-order chi connectivity index (χ0) is 16.4. The fourth-order valence-electron chi connectivity index (χ4n) is 3.19. The third kappa shape index (κ3) is 2.73. The van der Waals surface area contributed by atoms with Gasteiger partial charge in [0, 0.05) is 18.3 Å². The van der Waals surface area contributed by atoms with E-state index in [1.54, 1.807) is 24.6 Å². The Morgan fingerprint density at radius 1 is 1.12 bits per heavy atom. The van der Waals surface area contributed by atoms with Gasteiger partial charge in [0.15, 0.2) is 5.01 Å². The molecule has 0 aliphatic carbocycles. The molecule has 5 nitrogen and oxygen atoms in total. The molecule has 1 fully saturated rings. The van der Waals surface area contributed by atoms with Crippen molar-refractivity contribution in [3.8, 4) is 16.5 Å². The maximum atomic E-state index is 5.55. The third-order valence-corrected chi connectivity index (χ3v) is 5.28. The van der Waals surface area contributed by atoms with Crippen molar-refractivity contribution in [2.24, 2.45) is 0 Å². The summed E-state index contributed by atoms with van der Waals surface area (Å²) < 4.78 is 5.55. The summed E-state index contributed by atoms with van der Waals surface area (Å²) in [5, 5.41) is 10.6. The minimum atomic E-state index is 0.283. The van der Waals surface area contributed by atoms with Gasteiger partial charge in [-0.25, -0.2) is 0 Å². The van der Waals surface area contributed by atoms with Gasteiger partial charge in [0.05, 0.1) is 13.2 Å². The lowest BCUT2D eigenvalue weighted by Gasteiger charge is -2.25. The predicted molar refractivity (Wildman–Crippen MR) is 95.5 cm³/mol. The second-order valence-corrected chi connectivity index (χ2v) is 6.65. The van der Waals surface area contributed by atoms with Gasteiger partial charge in [-0.15, -0.1) is 10.2 Å². The largest absolute Gasteiger partial charge is 0.496 e. The van der Waals surface area contributed by atoms with Crippen molar-refractivity contribution in [3.05, 3.63) is 54.2 Å². The molecule has 3 aromatic rings. The Hall–Kier alpha value is -2.47. The Labute approximate surface area is 145 Å².